The Bertz CT molecular complexity index is 223. The molecule has 0 aliphatic heterocycles. The van der Waals surface area contributed by atoms with E-state index in [9.17, 15) is 5.11 Å². The predicted molar refractivity (Wildman–Crippen MR) is 46.4 cm³/mol. The Morgan fingerprint density at radius 3 is 2.75 bits per heavy atom. The van der Waals surface area contributed by atoms with Gasteiger partial charge in [0.15, 0.2) is 0 Å². The van der Waals surface area contributed by atoms with Crippen molar-refractivity contribution >= 4 is 0 Å². The lowest BCUT2D eigenvalue weighted by molar-refractivity contribution is 0.146. The number of aliphatic hydroxyl groups excluding tert-OH is 1. The van der Waals surface area contributed by atoms with Gasteiger partial charge in [0.1, 0.15) is 6.33 Å². The van der Waals surface area contributed by atoms with Crippen LogP contribution in [0.2, 0.25) is 0 Å². The van der Waals surface area contributed by atoms with Gasteiger partial charge in [0.05, 0.1) is 11.8 Å². The maximum atomic E-state index is 9.60. The number of aromatic nitrogens is 2. The summed E-state index contributed by atoms with van der Waals surface area (Å²) in [5.41, 5.74) is 0.707. The fourth-order valence-corrected chi connectivity index (χ4v) is 1.07. The van der Waals surface area contributed by atoms with E-state index in [0.29, 0.717) is 11.6 Å². The molecule has 3 nitrogen and oxygen atoms in total. The Hall–Kier alpha value is -0.960. The van der Waals surface area contributed by atoms with Crippen molar-refractivity contribution in [3.05, 3.63) is 24.3 Å². The average Bonchev–Trinajstić information content (AvgIpc) is 2.05. The summed E-state index contributed by atoms with van der Waals surface area (Å²) in [5, 5.41) is 9.60. The largest absolute Gasteiger partial charge is 0.387 e. The molecule has 3 heteroatoms. The zero-order valence-electron chi connectivity index (χ0n) is 7.44. The molecule has 0 radical (unpaired) electrons. The minimum Gasteiger partial charge on any atom is -0.387 e. The van der Waals surface area contributed by atoms with Gasteiger partial charge < -0.3 is 5.11 Å². The maximum absolute atomic E-state index is 9.60. The highest BCUT2D eigenvalue weighted by atomic mass is 16.3. The van der Waals surface area contributed by atoms with Crippen LogP contribution < -0.4 is 0 Å². The van der Waals surface area contributed by atoms with Crippen molar-refractivity contribution in [3.63, 3.8) is 0 Å². The lowest BCUT2D eigenvalue weighted by Crippen LogP contribution is -2.03. The summed E-state index contributed by atoms with van der Waals surface area (Å²) < 4.78 is 0. The fourth-order valence-electron chi connectivity index (χ4n) is 1.07. The smallest absolute Gasteiger partial charge is 0.115 e. The van der Waals surface area contributed by atoms with Gasteiger partial charge in [-0.3, -0.25) is 0 Å². The van der Waals surface area contributed by atoms with Gasteiger partial charge in [-0.05, 0) is 18.4 Å². The molecule has 0 amide bonds. The highest BCUT2D eigenvalue weighted by molar-refractivity contribution is 5.01. The highest BCUT2D eigenvalue weighted by Gasteiger charge is 2.09. The minimum absolute atomic E-state index is 0.451. The zero-order chi connectivity index (χ0) is 8.97. The van der Waals surface area contributed by atoms with Crippen LogP contribution >= 0.6 is 0 Å². The second kappa shape index (κ2) is 4.16. The van der Waals surface area contributed by atoms with Crippen LogP contribution in [-0.2, 0) is 0 Å². The van der Waals surface area contributed by atoms with Gasteiger partial charge in [-0.25, -0.2) is 9.97 Å². The summed E-state index contributed by atoms with van der Waals surface area (Å²) in [6.45, 7) is 4.15. The first-order valence-electron chi connectivity index (χ1n) is 4.14. The average molecular weight is 166 g/mol. The molecule has 0 aliphatic carbocycles. The first kappa shape index (κ1) is 9.13. The molecule has 0 aromatic carbocycles. The van der Waals surface area contributed by atoms with Crippen molar-refractivity contribution in [1.29, 1.82) is 0 Å². The van der Waals surface area contributed by atoms with Crippen LogP contribution in [0.15, 0.2) is 18.6 Å². The van der Waals surface area contributed by atoms with Crippen molar-refractivity contribution in [2.75, 3.05) is 0 Å². The van der Waals surface area contributed by atoms with Crippen LogP contribution in [0.3, 0.4) is 0 Å². The molecule has 0 spiro atoms. The Balaban J connectivity index is 2.59. The third-order valence-electron chi connectivity index (χ3n) is 1.64. The monoisotopic (exact) mass is 166 g/mol. The Morgan fingerprint density at radius 2 is 2.25 bits per heavy atom. The fraction of sp³-hybridized carbons (Fsp3) is 0.556. The molecule has 0 bridgehead atoms. The molecular weight excluding hydrogens is 152 g/mol. The predicted octanol–water partition coefficient (Wildman–Crippen LogP) is 1.56. The quantitative estimate of drug-likeness (QED) is 0.741. The minimum atomic E-state index is -0.451. The second-order valence-corrected chi connectivity index (χ2v) is 3.28. The third-order valence-corrected chi connectivity index (χ3v) is 1.64. The van der Waals surface area contributed by atoms with Crippen LogP contribution in [0.4, 0.5) is 0 Å². The molecule has 0 fully saturated rings. The SMILES string of the molecule is CC(C)CC(O)c1ccncn1. The molecular formula is C9H14N2O. The summed E-state index contributed by atoms with van der Waals surface area (Å²) in [4.78, 5) is 7.76. The first-order chi connectivity index (χ1) is 5.70. The number of nitrogens with zero attached hydrogens (tertiary/aromatic N) is 2. The summed E-state index contributed by atoms with van der Waals surface area (Å²) >= 11 is 0. The van der Waals surface area contributed by atoms with E-state index in [1.54, 1.807) is 12.3 Å². The van der Waals surface area contributed by atoms with Crippen LogP contribution in [-0.4, -0.2) is 15.1 Å². The van der Waals surface area contributed by atoms with Crippen LogP contribution in [0.25, 0.3) is 0 Å². The molecule has 1 aromatic rings. The maximum Gasteiger partial charge on any atom is 0.115 e. The van der Waals surface area contributed by atoms with Gasteiger partial charge >= 0.3 is 0 Å². The van der Waals surface area contributed by atoms with Gasteiger partial charge in [0.2, 0.25) is 0 Å². The molecule has 1 N–H and O–H groups in total. The van der Waals surface area contributed by atoms with Crippen LogP contribution in [0, 0.1) is 5.92 Å². The molecule has 1 unspecified atom stereocenters. The molecule has 1 atom stereocenters. The Morgan fingerprint density at radius 1 is 1.50 bits per heavy atom. The van der Waals surface area contributed by atoms with E-state index in [-0.39, 0.29) is 0 Å². The summed E-state index contributed by atoms with van der Waals surface area (Å²) in [6.07, 6.45) is 3.40. The standard InChI is InChI=1S/C9H14N2O/c1-7(2)5-9(12)8-3-4-10-6-11-8/h3-4,6-7,9,12H,5H2,1-2H3. The van der Waals surface area contributed by atoms with Crippen molar-refractivity contribution in [3.8, 4) is 0 Å². The van der Waals surface area contributed by atoms with Crippen molar-refractivity contribution in [2.24, 2.45) is 5.92 Å². The van der Waals surface area contributed by atoms with E-state index in [4.69, 9.17) is 0 Å². The molecule has 12 heavy (non-hydrogen) atoms. The van der Waals surface area contributed by atoms with E-state index in [1.165, 1.54) is 6.33 Å². The number of hydrogen-bond acceptors (Lipinski definition) is 3. The van der Waals surface area contributed by atoms with Crippen LogP contribution in [0.5, 0.6) is 0 Å². The first-order valence-corrected chi connectivity index (χ1v) is 4.14. The van der Waals surface area contributed by atoms with E-state index in [0.717, 1.165) is 6.42 Å². The van der Waals surface area contributed by atoms with Crippen LogP contribution in [0.1, 0.15) is 32.1 Å². The summed E-state index contributed by atoms with van der Waals surface area (Å²) in [7, 11) is 0. The van der Waals surface area contributed by atoms with E-state index < -0.39 is 6.10 Å². The molecule has 66 valence electrons. The van der Waals surface area contributed by atoms with E-state index in [1.807, 2.05) is 0 Å². The van der Waals surface area contributed by atoms with Gasteiger partial charge in [-0.1, -0.05) is 13.8 Å². The highest BCUT2D eigenvalue weighted by Crippen LogP contribution is 2.17. The molecule has 1 aromatic heterocycles. The molecule has 0 saturated heterocycles. The normalized spacial score (nSPS) is 13.3. The molecule has 0 saturated carbocycles. The van der Waals surface area contributed by atoms with Crippen molar-refractivity contribution in [1.82, 2.24) is 9.97 Å². The Labute approximate surface area is 72.5 Å². The Kier molecular flexibility index (Phi) is 3.17. The number of rotatable bonds is 3. The summed E-state index contributed by atoms with van der Waals surface area (Å²) in [5.74, 6) is 0.481. The summed E-state index contributed by atoms with van der Waals surface area (Å²) in [6, 6.07) is 1.74. The van der Waals surface area contributed by atoms with E-state index >= 15 is 0 Å². The lowest BCUT2D eigenvalue weighted by Gasteiger charge is -2.11. The van der Waals surface area contributed by atoms with Crippen molar-refractivity contribution in [2.45, 2.75) is 26.4 Å². The molecule has 1 heterocycles. The number of aliphatic hydroxyl groups is 1. The topological polar surface area (TPSA) is 46.0 Å². The lowest BCUT2D eigenvalue weighted by atomic mass is 10.0. The van der Waals surface area contributed by atoms with Gasteiger partial charge in [-0.15, -0.1) is 0 Å². The zero-order valence-corrected chi connectivity index (χ0v) is 7.44. The molecule has 0 aliphatic rings. The van der Waals surface area contributed by atoms with Gasteiger partial charge in [0, 0.05) is 6.20 Å². The third kappa shape index (κ3) is 2.58. The van der Waals surface area contributed by atoms with Gasteiger partial charge in [-0.2, -0.15) is 0 Å². The number of hydrogen-bond donors (Lipinski definition) is 1. The van der Waals surface area contributed by atoms with E-state index in [2.05, 4.69) is 23.8 Å². The van der Waals surface area contributed by atoms with Crippen molar-refractivity contribution < 1.29 is 5.11 Å². The molecule has 1 rings (SSSR count). The van der Waals surface area contributed by atoms with Gasteiger partial charge in [0.25, 0.3) is 0 Å². The second-order valence-electron chi connectivity index (χ2n) is 3.28.